The monoisotopic (exact) mass is 342 g/mol. The molecule has 0 radical (unpaired) electrons. The molecule has 5 heteroatoms. The molecule has 0 saturated carbocycles. The molecule has 2 rings (SSSR count). The van der Waals surface area contributed by atoms with E-state index in [9.17, 15) is 9.18 Å². The molecule has 0 heterocycles. The van der Waals surface area contributed by atoms with Crippen LogP contribution in [0, 0.1) is 5.82 Å². The summed E-state index contributed by atoms with van der Waals surface area (Å²) in [5.41, 5.74) is 0.180. The number of rotatable bonds is 3. The zero-order valence-electron chi connectivity index (χ0n) is 9.91. The van der Waals surface area contributed by atoms with Crippen molar-refractivity contribution < 1.29 is 13.9 Å². The predicted molar refractivity (Wildman–Crippen MR) is 75.6 cm³/mol. The van der Waals surface area contributed by atoms with Gasteiger partial charge in [-0.25, -0.2) is 4.39 Å². The van der Waals surface area contributed by atoms with Crippen molar-refractivity contribution in [1.82, 2.24) is 0 Å². The number of para-hydroxylation sites is 1. The van der Waals surface area contributed by atoms with Crippen LogP contribution in [0.4, 0.5) is 4.39 Å². The summed E-state index contributed by atoms with van der Waals surface area (Å²) < 4.78 is 20.0. The van der Waals surface area contributed by atoms with Gasteiger partial charge in [0, 0.05) is 4.47 Å². The minimum atomic E-state index is -0.605. The minimum Gasteiger partial charge on any atom is -0.452 e. The second-order valence-electron chi connectivity index (χ2n) is 3.85. The van der Waals surface area contributed by atoms with E-state index in [1.165, 1.54) is 25.1 Å². The number of benzene rings is 2. The molecule has 2 aromatic carbocycles. The van der Waals surface area contributed by atoms with E-state index in [2.05, 4.69) is 15.9 Å². The third-order valence-corrected chi connectivity index (χ3v) is 3.24. The molecule has 0 amide bonds. The first-order valence-corrected chi connectivity index (χ1v) is 6.58. The molecule has 0 aliphatic rings. The van der Waals surface area contributed by atoms with Gasteiger partial charge in [0.25, 0.3) is 0 Å². The number of carbonyl (C=O) groups is 1. The molecule has 2 nitrogen and oxygen atoms in total. The van der Waals surface area contributed by atoms with Crippen LogP contribution in [-0.4, -0.2) is 5.78 Å². The van der Waals surface area contributed by atoms with Crippen molar-refractivity contribution in [1.29, 1.82) is 0 Å². The Morgan fingerprint density at radius 3 is 2.68 bits per heavy atom. The van der Waals surface area contributed by atoms with Crippen molar-refractivity contribution in [3.63, 3.8) is 0 Å². The zero-order valence-corrected chi connectivity index (χ0v) is 12.3. The van der Waals surface area contributed by atoms with Crippen LogP contribution in [0.2, 0.25) is 5.02 Å². The van der Waals surface area contributed by atoms with Crippen molar-refractivity contribution >= 4 is 33.3 Å². The van der Waals surface area contributed by atoms with Gasteiger partial charge in [0.15, 0.2) is 17.3 Å². The van der Waals surface area contributed by atoms with Crippen LogP contribution in [0.3, 0.4) is 0 Å². The van der Waals surface area contributed by atoms with Gasteiger partial charge in [0.05, 0.1) is 10.6 Å². The normalized spacial score (nSPS) is 10.3. The van der Waals surface area contributed by atoms with Crippen molar-refractivity contribution in [2.24, 2.45) is 0 Å². The van der Waals surface area contributed by atoms with E-state index in [0.717, 1.165) is 4.47 Å². The number of carbonyl (C=O) groups excluding carboxylic acids is 1. The molecular formula is C14H9BrClFO2. The Bertz CT molecular complexity index is 643. The first-order chi connectivity index (χ1) is 8.99. The molecule has 0 unspecified atom stereocenters. The van der Waals surface area contributed by atoms with Gasteiger partial charge < -0.3 is 4.74 Å². The molecule has 0 aliphatic heterocycles. The first kappa shape index (κ1) is 14.0. The first-order valence-electron chi connectivity index (χ1n) is 5.41. The lowest BCUT2D eigenvalue weighted by atomic mass is 10.1. The summed E-state index contributed by atoms with van der Waals surface area (Å²) in [5.74, 6) is -0.703. The molecule has 0 aromatic heterocycles. The van der Waals surface area contributed by atoms with Crippen LogP contribution in [0.1, 0.15) is 17.3 Å². The lowest BCUT2D eigenvalue weighted by Crippen LogP contribution is -1.99. The summed E-state index contributed by atoms with van der Waals surface area (Å²) in [6.07, 6.45) is 0. The Balaban J connectivity index is 2.46. The average molecular weight is 344 g/mol. The number of ketones is 1. The Hall–Kier alpha value is -1.39. The summed E-state index contributed by atoms with van der Waals surface area (Å²) in [4.78, 5) is 11.5. The molecular weight excluding hydrogens is 335 g/mol. The van der Waals surface area contributed by atoms with Crippen molar-refractivity contribution in [3.05, 3.63) is 57.3 Å². The summed E-state index contributed by atoms with van der Waals surface area (Å²) >= 11 is 9.27. The van der Waals surface area contributed by atoms with Crippen LogP contribution in [0.25, 0.3) is 0 Å². The fourth-order valence-corrected chi connectivity index (χ4v) is 2.27. The van der Waals surface area contributed by atoms with Gasteiger partial charge in [-0.3, -0.25) is 4.79 Å². The van der Waals surface area contributed by atoms with Crippen LogP contribution >= 0.6 is 27.5 Å². The highest BCUT2D eigenvalue weighted by Gasteiger charge is 2.15. The molecule has 0 bridgehead atoms. The van der Waals surface area contributed by atoms with E-state index in [4.69, 9.17) is 16.3 Å². The van der Waals surface area contributed by atoms with Crippen molar-refractivity contribution in [2.45, 2.75) is 6.92 Å². The van der Waals surface area contributed by atoms with E-state index in [-0.39, 0.29) is 22.8 Å². The van der Waals surface area contributed by atoms with Gasteiger partial charge in [-0.05, 0) is 37.3 Å². The highest BCUT2D eigenvalue weighted by Crippen LogP contribution is 2.34. The third-order valence-electron chi connectivity index (χ3n) is 2.45. The number of Topliss-reactive ketones (excluding diaryl/α,β-unsaturated/α-hetero) is 1. The van der Waals surface area contributed by atoms with Gasteiger partial charge in [-0.1, -0.05) is 33.6 Å². The lowest BCUT2D eigenvalue weighted by molar-refractivity contribution is 0.101. The minimum absolute atomic E-state index is 0.112. The van der Waals surface area contributed by atoms with Crippen LogP contribution in [0.15, 0.2) is 40.9 Å². The van der Waals surface area contributed by atoms with E-state index in [0.29, 0.717) is 5.02 Å². The largest absolute Gasteiger partial charge is 0.452 e. The molecule has 0 N–H and O–H groups in total. The summed E-state index contributed by atoms with van der Waals surface area (Å²) in [6.45, 7) is 1.35. The van der Waals surface area contributed by atoms with Gasteiger partial charge in [0.1, 0.15) is 5.75 Å². The molecule has 0 saturated heterocycles. The molecule has 2 aromatic rings. The third kappa shape index (κ3) is 3.14. The standard InChI is InChI=1S/C14H9BrClFO2/c1-8(18)10-3-2-4-12(17)14(10)19-13-6-5-9(15)7-11(13)16/h2-7H,1H3. The fourth-order valence-electron chi connectivity index (χ4n) is 1.56. The van der Waals surface area contributed by atoms with Gasteiger partial charge in [0.2, 0.25) is 0 Å². The average Bonchev–Trinajstić information content (AvgIpc) is 2.34. The Morgan fingerprint density at radius 1 is 1.32 bits per heavy atom. The van der Waals surface area contributed by atoms with Crippen LogP contribution in [0.5, 0.6) is 11.5 Å². The maximum Gasteiger partial charge on any atom is 0.173 e. The summed E-state index contributed by atoms with van der Waals surface area (Å²) in [6, 6.07) is 9.15. The topological polar surface area (TPSA) is 26.3 Å². The maximum atomic E-state index is 13.8. The molecule has 19 heavy (non-hydrogen) atoms. The smallest absolute Gasteiger partial charge is 0.173 e. The molecule has 0 atom stereocenters. The second-order valence-corrected chi connectivity index (χ2v) is 5.17. The highest BCUT2D eigenvalue weighted by molar-refractivity contribution is 9.10. The maximum absolute atomic E-state index is 13.8. The SMILES string of the molecule is CC(=O)c1cccc(F)c1Oc1ccc(Br)cc1Cl. The molecule has 0 fully saturated rings. The van der Waals surface area contributed by atoms with E-state index < -0.39 is 5.82 Å². The Morgan fingerprint density at radius 2 is 2.05 bits per heavy atom. The summed E-state index contributed by atoms with van der Waals surface area (Å²) in [7, 11) is 0. The van der Waals surface area contributed by atoms with Crippen LogP contribution < -0.4 is 4.74 Å². The van der Waals surface area contributed by atoms with Crippen molar-refractivity contribution in [3.8, 4) is 11.5 Å². The molecule has 0 aliphatic carbocycles. The Labute approximate surface area is 123 Å². The number of ether oxygens (including phenoxy) is 1. The van der Waals surface area contributed by atoms with Gasteiger partial charge in [-0.2, -0.15) is 0 Å². The fraction of sp³-hybridized carbons (Fsp3) is 0.0714. The van der Waals surface area contributed by atoms with Crippen molar-refractivity contribution in [2.75, 3.05) is 0 Å². The summed E-state index contributed by atoms with van der Waals surface area (Å²) in [5, 5.41) is 0.326. The lowest BCUT2D eigenvalue weighted by Gasteiger charge is -2.11. The van der Waals surface area contributed by atoms with E-state index in [1.54, 1.807) is 18.2 Å². The quantitative estimate of drug-likeness (QED) is 0.713. The number of hydrogen-bond acceptors (Lipinski definition) is 2. The van der Waals surface area contributed by atoms with Gasteiger partial charge in [-0.15, -0.1) is 0 Å². The molecule has 0 spiro atoms. The number of hydrogen-bond donors (Lipinski definition) is 0. The second kappa shape index (κ2) is 5.72. The highest BCUT2D eigenvalue weighted by atomic mass is 79.9. The van der Waals surface area contributed by atoms with Gasteiger partial charge >= 0.3 is 0 Å². The zero-order chi connectivity index (χ0) is 14.0. The molecule has 98 valence electrons. The van der Waals surface area contributed by atoms with E-state index in [1.807, 2.05) is 0 Å². The predicted octanol–water partition coefficient (Wildman–Crippen LogP) is 5.24. The van der Waals surface area contributed by atoms with Crippen LogP contribution in [-0.2, 0) is 0 Å². The Kier molecular flexibility index (Phi) is 4.22. The van der Waals surface area contributed by atoms with E-state index >= 15 is 0 Å². The number of halogens is 3.